The highest BCUT2D eigenvalue weighted by Crippen LogP contribution is 2.23. The second kappa shape index (κ2) is 11.6. The Morgan fingerprint density at radius 2 is 1.77 bits per heavy atom. The first kappa shape index (κ1) is 23.7. The van der Waals surface area contributed by atoms with Gasteiger partial charge in [0.1, 0.15) is 6.04 Å². The van der Waals surface area contributed by atoms with Crippen LogP contribution in [0, 0.1) is 6.92 Å². The quantitative estimate of drug-likeness (QED) is 0.523. The van der Waals surface area contributed by atoms with E-state index < -0.39 is 6.04 Å². The Morgan fingerprint density at radius 3 is 2.45 bits per heavy atom. The average Bonchev–Trinajstić information content (AvgIpc) is 2.78. The van der Waals surface area contributed by atoms with Crippen molar-refractivity contribution >= 4 is 35.2 Å². The summed E-state index contributed by atoms with van der Waals surface area (Å²) >= 11 is 7.42. The summed E-state index contributed by atoms with van der Waals surface area (Å²) in [5.41, 5.74) is 2.18. The van der Waals surface area contributed by atoms with Crippen LogP contribution in [-0.2, 0) is 16.1 Å². The van der Waals surface area contributed by atoms with Gasteiger partial charge in [0, 0.05) is 22.5 Å². The standard InChI is InChI=1S/C25H31ClN2O2S/c1-18-8-6-7-9-20(18)16-28(19(2)25(30)27-22-10-4-3-5-11-22)24(29)17-31-23-14-12-21(26)13-15-23/h6-9,12-15,19,22H,3-5,10-11,16-17H2,1-2H3,(H,27,30). The highest BCUT2D eigenvalue weighted by molar-refractivity contribution is 8.00. The van der Waals surface area contributed by atoms with Gasteiger partial charge in [0.25, 0.3) is 0 Å². The number of nitrogens with zero attached hydrogens (tertiary/aromatic N) is 1. The Hall–Kier alpha value is -1.98. The van der Waals surface area contributed by atoms with Crippen LogP contribution in [-0.4, -0.2) is 34.6 Å². The topological polar surface area (TPSA) is 49.4 Å². The minimum Gasteiger partial charge on any atom is -0.352 e. The number of aryl methyl sites for hydroxylation is 1. The maximum atomic E-state index is 13.2. The van der Waals surface area contributed by atoms with E-state index in [1.165, 1.54) is 18.2 Å². The van der Waals surface area contributed by atoms with Crippen LogP contribution >= 0.6 is 23.4 Å². The van der Waals surface area contributed by atoms with Crippen molar-refractivity contribution in [3.8, 4) is 0 Å². The van der Waals surface area contributed by atoms with Crippen LogP contribution in [0.2, 0.25) is 5.02 Å². The van der Waals surface area contributed by atoms with E-state index in [0.717, 1.165) is 41.7 Å². The van der Waals surface area contributed by atoms with Gasteiger partial charge in [-0.05, 0) is 62.1 Å². The molecule has 1 atom stereocenters. The lowest BCUT2D eigenvalue weighted by Crippen LogP contribution is -2.50. The number of thioether (sulfide) groups is 1. The number of nitrogens with one attached hydrogen (secondary N) is 1. The Kier molecular flexibility index (Phi) is 8.85. The fourth-order valence-electron chi connectivity index (χ4n) is 3.88. The minimum atomic E-state index is -0.528. The average molecular weight is 459 g/mol. The van der Waals surface area contributed by atoms with Crippen molar-refractivity contribution in [2.45, 2.75) is 69.5 Å². The summed E-state index contributed by atoms with van der Waals surface area (Å²) in [7, 11) is 0. The van der Waals surface area contributed by atoms with Crippen molar-refractivity contribution in [1.29, 1.82) is 0 Å². The third kappa shape index (κ3) is 7.01. The molecule has 0 aromatic heterocycles. The number of carbonyl (C=O) groups is 2. The fourth-order valence-corrected chi connectivity index (χ4v) is 4.79. The molecule has 1 fully saturated rings. The summed E-state index contributed by atoms with van der Waals surface area (Å²) in [4.78, 5) is 28.9. The van der Waals surface area contributed by atoms with Crippen LogP contribution in [0.1, 0.15) is 50.2 Å². The number of amides is 2. The number of hydrogen-bond donors (Lipinski definition) is 1. The lowest BCUT2D eigenvalue weighted by Gasteiger charge is -2.31. The van der Waals surface area contributed by atoms with E-state index in [1.807, 2.05) is 62.4 Å². The van der Waals surface area contributed by atoms with Gasteiger partial charge in [0.15, 0.2) is 0 Å². The monoisotopic (exact) mass is 458 g/mol. The van der Waals surface area contributed by atoms with Crippen LogP contribution in [0.15, 0.2) is 53.4 Å². The first-order chi connectivity index (χ1) is 14.9. The number of rotatable bonds is 8. The summed E-state index contributed by atoms with van der Waals surface area (Å²) in [6.45, 7) is 4.29. The molecule has 0 saturated heterocycles. The van der Waals surface area contributed by atoms with E-state index in [-0.39, 0.29) is 23.6 Å². The molecule has 2 aromatic rings. The smallest absolute Gasteiger partial charge is 0.242 e. The molecule has 0 spiro atoms. The largest absolute Gasteiger partial charge is 0.352 e. The maximum absolute atomic E-state index is 13.2. The zero-order valence-electron chi connectivity index (χ0n) is 18.3. The molecule has 1 N–H and O–H groups in total. The second-order valence-corrected chi connectivity index (χ2v) is 9.70. The molecule has 3 rings (SSSR count). The van der Waals surface area contributed by atoms with E-state index in [9.17, 15) is 9.59 Å². The summed E-state index contributed by atoms with van der Waals surface area (Å²) in [5.74, 6) is 0.161. The van der Waals surface area contributed by atoms with Crippen LogP contribution in [0.3, 0.4) is 0 Å². The van der Waals surface area contributed by atoms with E-state index in [4.69, 9.17) is 11.6 Å². The molecule has 0 radical (unpaired) electrons. The summed E-state index contributed by atoms with van der Waals surface area (Å²) in [5, 5.41) is 3.85. The molecule has 31 heavy (non-hydrogen) atoms. The molecule has 1 unspecified atom stereocenters. The van der Waals surface area contributed by atoms with Gasteiger partial charge in [-0.25, -0.2) is 0 Å². The fraction of sp³-hybridized carbons (Fsp3) is 0.440. The van der Waals surface area contributed by atoms with E-state index in [1.54, 1.807) is 4.90 Å². The summed E-state index contributed by atoms with van der Waals surface area (Å²) in [6, 6.07) is 15.2. The number of halogens is 1. The number of benzene rings is 2. The molecule has 0 heterocycles. The molecular weight excluding hydrogens is 428 g/mol. The molecule has 2 aromatic carbocycles. The predicted octanol–water partition coefficient (Wildman–Crippen LogP) is 5.61. The lowest BCUT2D eigenvalue weighted by molar-refractivity contribution is -0.139. The van der Waals surface area contributed by atoms with Gasteiger partial charge >= 0.3 is 0 Å². The van der Waals surface area contributed by atoms with Crippen molar-refractivity contribution in [2.75, 3.05) is 5.75 Å². The third-order valence-electron chi connectivity index (χ3n) is 5.90. The zero-order valence-corrected chi connectivity index (χ0v) is 19.8. The molecular formula is C25H31ClN2O2S. The summed E-state index contributed by atoms with van der Waals surface area (Å²) < 4.78 is 0. The van der Waals surface area contributed by atoms with Gasteiger partial charge in [-0.3, -0.25) is 9.59 Å². The summed E-state index contributed by atoms with van der Waals surface area (Å²) in [6.07, 6.45) is 5.60. The van der Waals surface area contributed by atoms with Gasteiger partial charge in [-0.1, -0.05) is 55.1 Å². The van der Waals surface area contributed by atoms with Crippen LogP contribution in [0.4, 0.5) is 0 Å². The van der Waals surface area contributed by atoms with E-state index >= 15 is 0 Å². The molecule has 1 aliphatic carbocycles. The van der Waals surface area contributed by atoms with Crippen LogP contribution < -0.4 is 5.32 Å². The van der Waals surface area contributed by atoms with Crippen LogP contribution in [0.5, 0.6) is 0 Å². The highest BCUT2D eigenvalue weighted by Gasteiger charge is 2.28. The molecule has 6 heteroatoms. The van der Waals surface area contributed by atoms with E-state index in [0.29, 0.717) is 11.6 Å². The van der Waals surface area contributed by atoms with Gasteiger partial charge in [0.2, 0.25) is 11.8 Å². The zero-order chi connectivity index (χ0) is 22.2. The van der Waals surface area contributed by atoms with Crippen molar-refractivity contribution in [1.82, 2.24) is 10.2 Å². The van der Waals surface area contributed by atoms with Gasteiger partial charge < -0.3 is 10.2 Å². The van der Waals surface area contributed by atoms with Crippen LogP contribution in [0.25, 0.3) is 0 Å². The first-order valence-corrected chi connectivity index (χ1v) is 12.3. The highest BCUT2D eigenvalue weighted by atomic mass is 35.5. The van der Waals surface area contributed by atoms with Gasteiger partial charge in [0.05, 0.1) is 5.75 Å². The lowest BCUT2D eigenvalue weighted by atomic mass is 9.95. The molecule has 166 valence electrons. The molecule has 0 aliphatic heterocycles. The molecule has 4 nitrogen and oxygen atoms in total. The molecule has 2 amide bonds. The Bertz CT molecular complexity index is 881. The Labute approximate surface area is 194 Å². The SMILES string of the molecule is Cc1ccccc1CN(C(=O)CSc1ccc(Cl)cc1)C(C)C(=O)NC1CCCCC1. The Balaban J connectivity index is 1.71. The Morgan fingerprint density at radius 1 is 1.10 bits per heavy atom. The normalized spacial score (nSPS) is 15.3. The van der Waals surface area contributed by atoms with Crippen molar-refractivity contribution in [2.24, 2.45) is 0 Å². The van der Waals surface area contributed by atoms with Crippen molar-refractivity contribution < 1.29 is 9.59 Å². The number of carbonyl (C=O) groups excluding carboxylic acids is 2. The van der Waals surface area contributed by atoms with E-state index in [2.05, 4.69) is 5.32 Å². The molecule has 0 bridgehead atoms. The molecule has 1 saturated carbocycles. The van der Waals surface area contributed by atoms with Gasteiger partial charge in [-0.15, -0.1) is 11.8 Å². The predicted molar refractivity (Wildman–Crippen MR) is 128 cm³/mol. The first-order valence-electron chi connectivity index (χ1n) is 11.0. The van der Waals surface area contributed by atoms with Gasteiger partial charge in [-0.2, -0.15) is 0 Å². The maximum Gasteiger partial charge on any atom is 0.242 e. The van der Waals surface area contributed by atoms with Crippen molar-refractivity contribution in [3.63, 3.8) is 0 Å². The van der Waals surface area contributed by atoms with Crippen molar-refractivity contribution in [3.05, 3.63) is 64.7 Å². The number of hydrogen-bond acceptors (Lipinski definition) is 3. The minimum absolute atomic E-state index is 0.0468. The second-order valence-electron chi connectivity index (χ2n) is 8.21. The third-order valence-corrected chi connectivity index (χ3v) is 7.15. The molecule has 1 aliphatic rings.